The predicted molar refractivity (Wildman–Crippen MR) is 128 cm³/mol. The Morgan fingerprint density at radius 1 is 1.11 bits per heavy atom. The van der Waals surface area contributed by atoms with Crippen LogP contribution in [0.15, 0.2) is 48.5 Å². The summed E-state index contributed by atoms with van der Waals surface area (Å²) in [5.74, 6) is -1.03. The molecule has 0 atom stereocenters. The maximum atomic E-state index is 13.5. The van der Waals surface area contributed by atoms with Crippen molar-refractivity contribution in [3.63, 3.8) is 0 Å². The molecule has 5 rings (SSSR count). The number of carbonyl (C=O) groups excluding carboxylic acids is 1. The smallest absolute Gasteiger partial charge is 0.474 e. The van der Waals surface area contributed by atoms with E-state index >= 15 is 0 Å². The summed E-state index contributed by atoms with van der Waals surface area (Å²) in [6.07, 6.45) is -7.53. The highest BCUT2D eigenvalue weighted by atomic mass is 35.5. The lowest BCUT2D eigenvalue weighted by Crippen LogP contribution is -2.34. The van der Waals surface area contributed by atoms with Gasteiger partial charge in [0, 0.05) is 30.4 Å². The van der Waals surface area contributed by atoms with Crippen molar-refractivity contribution in [1.29, 1.82) is 0 Å². The van der Waals surface area contributed by atoms with Crippen LogP contribution in [-0.2, 0) is 6.18 Å². The Morgan fingerprint density at radius 3 is 2.53 bits per heavy atom. The molecule has 2 aromatic carbocycles. The fourth-order valence-corrected chi connectivity index (χ4v) is 4.08. The molecule has 0 unspecified atom stereocenters. The van der Waals surface area contributed by atoms with Crippen molar-refractivity contribution in [1.82, 2.24) is 15.1 Å². The minimum absolute atomic E-state index is 0. The third-order valence-corrected chi connectivity index (χ3v) is 5.96. The summed E-state index contributed by atoms with van der Waals surface area (Å²) in [4.78, 5) is 14.4. The number of benzene rings is 2. The van der Waals surface area contributed by atoms with E-state index in [2.05, 4.69) is 19.9 Å². The monoisotopic (exact) mass is 560 g/mol. The van der Waals surface area contributed by atoms with Gasteiger partial charge in [-0.2, -0.15) is 18.3 Å². The number of hydrogen-bond acceptors (Lipinski definition) is 6. The zero-order chi connectivity index (χ0) is 26.4. The van der Waals surface area contributed by atoms with Gasteiger partial charge in [-0.15, -0.1) is 21.2 Å². The van der Waals surface area contributed by atoms with Crippen LogP contribution in [0.4, 0.5) is 27.6 Å². The quantitative estimate of drug-likeness (QED) is 0.441. The van der Waals surface area contributed by atoms with Crippen LogP contribution >= 0.6 is 12.4 Å². The molecular weight excluding hydrogens is 539 g/mol. The molecule has 0 radical (unpaired) electrons. The molecular formula is C24H22ClF5N4O4. The summed E-state index contributed by atoms with van der Waals surface area (Å²) < 4.78 is 82.7. The maximum absolute atomic E-state index is 13.5. The molecule has 0 saturated carbocycles. The van der Waals surface area contributed by atoms with Crippen LogP contribution in [0.5, 0.6) is 17.4 Å². The minimum Gasteiger partial charge on any atom is -0.474 e. The minimum atomic E-state index is -4.69. The number of aromatic nitrogens is 2. The number of rotatable bonds is 5. The van der Waals surface area contributed by atoms with E-state index in [0.717, 1.165) is 10.7 Å². The Labute approximate surface area is 219 Å². The molecule has 1 saturated heterocycles. The second-order valence-electron chi connectivity index (χ2n) is 8.56. The summed E-state index contributed by atoms with van der Waals surface area (Å²) in [5.41, 5.74) is -0.574. The van der Waals surface area contributed by atoms with Crippen molar-refractivity contribution < 1.29 is 41.0 Å². The lowest BCUT2D eigenvalue weighted by atomic mass is 10.1. The van der Waals surface area contributed by atoms with E-state index in [4.69, 9.17) is 4.74 Å². The van der Waals surface area contributed by atoms with Crippen molar-refractivity contribution in [2.75, 3.05) is 25.0 Å². The normalized spacial score (nSPS) is 16.6. The highest BCUT2D eigenvalue weighted by molar-refractivity contribution is 6.06. The lowest BCUT2D eigenvalue weighted by molar-refractivity contribution is -0.286. The first kappa shape index (κ1) is 27.5. The van der Waals surface area contributed by atoms with Gasteiger partial charge in [0.05, 0.1) is 5.69 Å². The van der Waals surface area contributed by atoms with Crippen LogP contribution in [0.25, 0.3) is 5.69 Å². The van der Waals surface area contributed by atoms with Crippen LogP contribution in [0.1, 0.15) is 28.9 Å². The average molecular weight is 561 g/mol. The number of alkyl halides is 5. The highest BCUT2D eigenvalue weighted by Crippen LogP contribution is 2.43. The molecule has 1 amide bonds. The molecule has 3 heterocycles. The van der Waals surface area contributed by atoms with Crippen LogP contribution < -0.4 is 24.4 Å². The Bertz CT molecular complexity index is 1330. The van der Waals surface area contributed by atoms with E-state index in [1.807, 2.05) is 0 Å². The van der Waals surface area contributed by atoms with Crippen LogP contribution in [0.2, 0.25) is 0 Å². The van der Waals surface area contributed by atoms with E-state index in [0.29, 0.717) is 25.9 Å². The number of hydrogen-bond donors (Lipinski definition) is 1. The number of halogens is 6. The Balaban J connectivity index is 0.00000336. The van der Waals surface area contributed by atoms with Gasteiger partial charge in [-0.3, -0.25) is 4.79 Å². The molecule has 204 valence electrons. The Morgan fingerprint density at radius 2 is 1.82 bits per heavy atom. The highest BCUT2D eigenvalue weighted by Gasteiger charge is 2.43. The van der Waals surface area contributed by atoms with E-state index in [1.54, 1.807) is 0 Å². The third kappa shape index (κ3) is 5.63. The molecule has 1 aromatic heterocycles. The number of piperidine rings is 1. The van der Waals surface area contributed by atoms with Gasteiger partial charge in [0.25, 0.3) is 5.91 Å². The summed E-state index contributed by atoms with van der Waals surface area (Å²) >= 11 is 0. The summed E-state index contributed by atoms with van der Waals surface area (Å²) in [7, 11) is 1.42. The molecule has 3 aromatic rings. The van der Waals surface area contributed by atoms with Gasteiger partial charge in [-0.1, -0.05) is 6.07 Å². The fraction of sp³-hybridized carbons (Fsp3) is 0.333. The molecule has 38 heavy (non-hydrogen) atoms. The first-order chi connectivity index (χ1) is 17.5. The van der Waals surface area contributed by atoms with Crippen LogP contribution in [0.3, 0.4) is 0 Å². The molecule has 0 aliphatic carbocycles. The number of amides is 1. The molecule has 1 fully saturated rings. The first-order valence-corrected chi connectivity index (χ1v) is 11.3. The number of carbonyl (C=O) groups is 1. The van der Waals surface area contributed by atoms with Gasteiger partial charge < -0.3 is 24.4 Å². The van der Waals surface area contributed by atoms with E-state index < -0.39 is 24.1 Å². The standard InChI is InChI=1S/C24H21F5N4O4.ClH/c1-32(15-5-6-18-19(12-15)37-24(28,29)36-18)22(34)14-3-2-4-16(11-14)33-21(13-20(31-33)23(25,26)27)35-17-7-9-30-10-8-17;/h2-6,11-13,17,30H,7-10H2,1H3;1H. The zero-order valence-corrected chi connectivity index (χ0v) is 20.6. The third-order valence-electron chi connectivity index (χ3n) is 5.96. The van der Waals surface area contributed by atoms with Gasteiger partial charge in [0.15, 0.2) is 17.2 Å². The van der Waals surface area contributed by atoms with Crippen LogP contribution in [-0.4, -0.2) is 48.2 Å². The number of anilines is 1. The van der Waals surface area contributed by atoms with Crippen molar-refractivity contribution in [2.45, 2.75) is 31.4 Å². The molecule has 1 N–H and O–H groups in total. The maximum Gasteiger partial charge on any atom is 0.586 e. The van der Waals surface area contributed by atoms with E-state index in [1.165, 1.54) is 54.4 Å². The van der Waals surface area contributed by atoms with Gasteiger partial charge in [0.1, 0.15) is 6.10 Å². The summed E-state index contributed by atoms with van der Waals surface area (Å²) in [6.45, 7) is 1.36. The predicted octanol–water partition coefficient (Wildman–Crippen LogP) is 5.04. The average Bonchev–Trinajstić information content (AvgIpc) is 3.42. The van der Waals surface area contributed by atoms with E-state index in [-0.39, 0.29) is 52.8 Å². The van der Waals surface area contributed by atoms with Gasteiger partial charge in [-0.05, 0) is 56.3 Å². The number of ether oxygens (including phenoxy) is 3. The van der Waals surface area contributed by atoms with E-state index in [9.17, 15) is 26.7 Å². The molecule has 8 nitrogen and oxygen atoms in total. The van der Waals surface area contributed by atoms with Crippen LogP contribution in [0, 0.1) is 0 Å². The Hall–Kier alpha value is -3.58. The fourth-order valence-electron chi connectivity index (χ4n) is 4.08. The van der Waals surface area contributed by atoms with Gasteiger partial charge in [0.2, 0.25) is 5.88 Å². The Kier molecular flexibility index (Phi) is 7.44. The molecule has 2 aliphatic rings. The second kappa shape index (κ2) is 10.3. The SMILES string of the molecule is CN(C(=O)c1cccc(-n2nc(C(F)(F)F)cc2OC2CCNCC2)c1)c1ccc2c(c1)OC(F)(F)O2.Cl. The van der Waals surface area contributed by atoms with Crippen molar-refractivity contribution in [3.8, 4) is 23.1 Å². The van der Waals surface area contributed by atoms with Crippen molar-refractivity contribution >= 4 is 24.0 Å². The first-order valence-electron chi connectivity index (χ1n) is 11.3. The van der Waals surface area contributed by atoms with Gasteiger partial charge in [-0.25, -0.2) is 4.68 Å². The molecule has 14 heteroatoms. The largest absolute Gasteiger partial charge is 0.586 e. The molecule has 0 bridgehead atoms. The zero-order valence-electron chi connectivity index (χ0n) is 19.8. The number of nitrogens with one attached hydrogen (secondary N) is 1. The molecule has 2 aliphatic heterocycles. The molecule has 0 spiro atoms. The van der Waals surface area contributed by atoms with Crippen molar-refractivity contribution in [2.24, 2.45) is 0 Å². The summed E-state index contributed by atoms with van der Waals surface area (Å²) in [6, 6.07) is 10.6. The summed E-state index contributed by atoms with van der Waals surface area (Å²) in [5, 5.41) is 6.86. The number of fused-ring (bicyclic) bond motifs is 1. The van der Waals surface area contributed by atoms with Crippen molar-refractivity contribution in [3.05, 3.63) is 59.8 Å². The topological polar surface area (TPSA) is 77.9 Å². The number of nitrogens with zero attached hydrogens (tertiary/aromatic N) is 3. The second-order valence-corrected chi connectivity index (χ2v) is 8.56. The lowest BCUT2D eigenvalue weighted by Gasteiger charge is -2.24. The van der Waals surface area contributed by atoms with Gasteiger partial charge >= 0.3 is 12.5 Å².